The molecule has 17 heavy (non-hydrogen) atoms. The van der Waals surface area contributed by atoms with Gasteiger partial charge in [0.1, 0.15) is 5.82 Å². The molecule has 2 rings (SSSR count). The van der Waals surface area contributed by atoms with E-state index in [4.69, 9.17) is 0 Å². The lowest BCUT2D eigenvalue weighted by atomic mass is 9.96. The van der Waals surface area contributed by atoms with E-state index in [1.807, 2.05) is 26.0 Å². The van der Waals surface area contributed by atoms with Gasteiger partial charge in [-0.1, -0.05) is 26.0 Å². The summed E-state index contributed by atoms with van der Waals surface area (Å²) in [5, 5.41) is 3.54. The van der Waals surface area contributed by atoms with Crippen molar-refractivity contribution in [2.24, 2.45) is 11.8 Å². The van der Waals surface area contributed by atoms with Crippen molar-refractivity contribution in [1.29, 1.82) is 0 Å². The zero-order chi connectivity index (χ0) is 12.6. The molecule has 0 bridgehead atoms. The third kappa shape index (κ3) is 2.52. The van der Waals surface area contributed by atoms with Crippen LogP contribution >= 0.6 is 0 Å². The molecule has 1 nitrogen and oxygen atoms in total. The van der Waals surface area contributed by atoms with Gasteiger partial charge in [-0.05, 0) is 55.3 Å². The first-order valence-corrected chi connectivity index (χ1v) is 6.54. The Balaban J connectivity index is 2.29. The maximum absolute atomic E-state index is 13.6. The Morgan fingerprint density at radius 1 is 1.35 bits per heavy atom. The Labute approximate surface area is 103 Å². The summed E-state index contributed by atoms with van der Waals surface area (Å²) < 4.78 is 13.6. The van der Waals surface area contributed by atoms with Gasteiger partial charge in [0.25, 0.3) is 0 Å². The predicted molar refractivity (Wildman–Crippen MR) is 69.6 cm³/mol. The van der Waals surface area contributed by atoms with Crippen LogP contribution in [0, 0.1) is 31.5 Å². The molecule has 94 valence electrons. The van der Waals surface area contributed by atoms with E-state index in [2.05, 4.69) is 19.2 Å². The molecule has 0 radical (unpaired) electrons. The molecule has 0 aliphatic heterocycles. The molecule has 0 amide bonds. The van der Waals surface area contributed by atoms with Gasteiger partial charge in [0, 0.05) is 6.04 Å². The second-order valence-electron chi connectivity index (χ2n) is 5.38. The van der Waals surface area contributed by atoms with Crippen LogP contribution in [0.15, 0.2) is 12.1 Å². The first-order chi connectivity index (χ1) is 8.04. The van der Waals surface area contributed by atoms with E-state index in [0.717, 1.165) is 29.5 Å². The van der Waals surface area contributed by atoms with Crippen LogP contribution in [0.3, 0.4) is 0 Å². The minimum Gasteiger partial charge on any atom is -0.310 e. The summed E-state index contributed by atoms with van der Waals surface area (Å²) in [6.07, 6.45) is 1.28. The fourth-order valence-electron chi connectivity index (χ4n) is 2.71. The van der Waals surface area contributed by atoms with Gasteiger partial charge in [-0.2, -0.15) is 0 Å². The van der Waals surface area contributed by atoms with E-state index in [9.17, 15) is 4.39 Å². The average molecular weight is 235 g/mol. The van der Waals surface area contributed by atoms with Crippen molar-refractivity contribution < 1.29 is 4.39 Å². The van der Waals surface area contributed by atoms with Gasteiger partial charge in [0.15, 0.2) is 0 Å². The van der Waals surface area contributed by atoms with Crippen LogP contribution in [-0.4, -0.2) is 6.54 Å². The Bertz CT molecular complexity index is 390. The molecular weight excluding hydrogens is 213 g/mol. The van der Waals surface area contributed by atoms with Crippen LogP contribution in [0.25, 0.3) is 0 Å². The number of benzene rings is 1. The zero-order valence-corrected chi connectivity index (χ0v) is 11.2. The van der Waals surface area contributed by atoms with E-state index in [1.54, 1.807) is 0 Å². The highest BCUT2D eigenvalue weighted by molar-refractivity contribution is 5.33. The van der Waals surface area contributed by atoms with Crippen molar-refractivity contribution >= 4 is 0 Å². The third-order valence-corrected chi connectivity index (χ3v) is 3.84. The summed E-state index contributed by atoms with van der Waals surface area (Å²) in [5.41, 5.74) is 2.77. The lowest BCUT2D eigenvalue weighted by Crippen LogP contribution is -2.23. The standard InChI is InChI=1S/C15H22FN/c1-5-17-15(13-8-9(13)2)12-6-10(3)14(16)11(4)7-12/h6-7,9,13,15,17H,5,8H2,1-4H3. The summed E-state index contributed by atoms with van der Waals surface area (Å²) in [6, 6.07) is 4.40. The SMILES string of the molecule is CCNC(c1cc(C)c(F)c(C)c1)C1CC1C. The smallest absolute Gasteiger partial charge is 0.129 e. The van der Waals surface area contributed by atoms with Crippen LogP contribution in [-0.2, 0) is 0 Å². The fourth-order valence-corrected chi connectivity index (χ4v) is 2.71. The highest BCUT2D eigenvalue weighted by Crippen LogP contribution is 2.47. The number of halogens is 1. The van der Waals surface area contributed by atoms with Crippen molar-refractivity contribution in [2.45, 2.75) is 40.2 Å². The van der Waals surface area contributed by atoms with E-state index in [1.165, 1.54) is 12.0 Å². The maximum Gasteiger partial charge on any atom is 0.129 e. The molecule has 3 unspecified atom stereocenters. The molecule has 3 atom stereocenters. The molecule has 2 heteroatoms. The van der Waals surface area contributed by atoms with Gasteiger partial charge < -0.3 is 5.32 Å². The molecule has 1 aliphatic rings. The first-order valence-electron chi connectivity index (χ1n) is 6.54. The second-order valence-corrected chi connectivity index (χ2v) is 5.38. The number of rotatable bonds is 4. The summed E-state index contributed by atoms with van der Waals surface area (Å²) in [5.74, 6) is 1.46. The Morgan fingerprint density at radius 2 is 1.88 bits per heavy atom. The van der Waals surface area contributed by atoms with Crippen molar-refractivity contribution in [3.05, 3.63) is 34.6 Å². The minimum atomic E-state index is -0.0622. The second kappa shape index (κ2) is 4.77. The van der Waals surface area contributed by atoms with E-state index in [-0.39, 0.29) is 5.82 Å². The minimum absolute atomic E-state index is 0.0622. The first kappa shape index (κ1) is 12.6. The quantitative estimate of drug-likeness (QED) is 0.838. The topological polar surface area (TPSA) is 12.0 Å². The third-order valence-electron chi connectivity index (χ3n) is 3.84. The predicted octanol–water partition coefficient (Wildman–Crippen LogP) is 3.75. The van der Waals surface area contributed by atoms with E-state index >= 15 is 0 Å². The van der Waals surface area contributed by atoms with Crippen LogP contribution in [0.5, 0.6) is 0 Å². The Hall–Kier alpha value is -0.890. The molecule has 1 fully saturated rings. The van der Waals surface area contributed by atoms with Gasteiger partial charge in [0.2, 0.25) is 0 Å². The van der Waals surface area contributed by atoms with E-state index in [0.29, 0.717) is 6.04 Å². The zero-order valence-electron chi connectivity index (χ0n) is 11.2. The van der Waals surface area contributed by atoms with Crippen molar-refractivity contribution in [1.82, 2.24) is 5.32 Å². The lowest BCUT2D eigenvalue weighted by Gasteiger charge is -2.20. The van der Waals surface area contributed by atoms with Crippen molar-refractivity contribution in [2.75, 3.05) is 6.54 Å². The van der Waals surface area contributed by atoms with Crippen LogP contribution in [0.1, 0.15) is 43.0 Å². The van der Waals surface area contributed by atoms with Crippen LogP contribution < -0.4 is 5.32 Å². The highest BCUT2D eigenvalue weighted by atomic mass is 19.1. The Morgan fingerprint density at radius 3 is 2.29 bits per heavy atom. The molecule has 0 heterocycles. The number of aryl methyl sites for hydroxylation is 2. The van der Waals surface area contributed by atoms with Gasteiger partial charge >= 0.3 is 0 Å². The fraction of sp³-hybridized carbons (Fsp3) is 0.600. The monoisotopic (exact) mass is 235 g/mol. The summed E-state index contributed by atoms with van der Waals surface area (Å²) >= 11 is 0. The highest BCUT2D eigenvalue weighted by Gasteiger charge is 2.39. The average Bonchev–Trinajstić information content (AvgIpc) is 2.99. The molecule has 0 saturated heterocycles. The molecule has 0 aromatic heterocycles. The molecule has 0 spiro atoms. The molecule has 1 aromatic carbocycles. The molecular formula is C15H22FN. The lowest BCUT2D eigenvalue weighted by molar-refractivity contribution is 0.474. The normalized spacial score (nSPS) is 24.8. The maximum atomic E-state index is 13.6. The van der Waals surface area contributed by atoms with Crippen LogP contribution in [0.2, 0.25) is 0 Å². The van der Waals surface area contributed by atoms with E-state index < -0.39 is 0 Å². The van der Waals surface area contributed by atoms with Gasteiger partial charge in [-0.15, -0.1) is 0 Å². The largest absolute Gasteiger partial charge is 0.310 e. The number of nitrogens with one attached hydrogen (secondary N) is 1. The molecule has 1 N–H and O–H groups in total. The van der Waals surface area contributed by atoms with Crippen molar-refractivity contribution in [3.63, 3.8) is 0 Å². The molecule has 1 aliphatic carbocycles. The van der Waals surface area contributed by atoms with Gasteiger partial charge in [-0.25, -0.2) is 4.39 Å². The Kier molecular flexibility index (Phi) is 3.53. The van der Waals surface area contributed by atoms with Crippen molar-refractivity contribution in [3.8, 4) is 0 Å². The summed E-state index contributed by atoms with van der Waals surface area (Å²) in [4.78, 5) is 0. The van der Waals surface area contributed by atoms with Gasteiger partial charge in [-0.3, -0.25) is 0 Å². The van der Waals surface area contributed by atoms with Crippen LogP contribution in [0.4, 0.5) is 4.39 Å². The summed E-state index contributed by atoms with van der Waals surface area (Å²) in [7, 11) is 0. The number of hydrogen-bond acceptors (Lipinski definition) is 1. The molecule has 1 saturated carbocycles. The molecule has 1 aromatic rings. The summed E-state index contributed by atoms with van der Waals surface area (Å²) in [6.45, 7) is 9.08. The number of hydrogen-bond donors (Lipinski definition) is 1. The van der Waals surface area contributed by atoms with Gasteiger partial charge in [0.05, 0.1) is 0 Å².